The van der Waals surface area contributed by atoms with Gasteiger partial charge in [-0.1, -0.05) is 91.0 Å². The van der Waals surface area contributed by atoms with Gasteiger partial charge in [-0.15, -0.1) is 0 Å². The third-order valence-electron chi connectivity index (χ3n) is 11.9. The molecule has 0 aliphatic carbocycles. The highest BCUT2D eigenvalue weighted by Gasteiger charge is 2.26. The van der Waals surface area contributed by atoms with E-state index in [1.165, 1.54) is 21.5 Å². The van der Waals surface area contributed by atoms with Crippen molar-refractivity contribution in [3.8, 4) is 28.2 Å². The molecule has 13 aromatic rings. The first-order valence-electron chi connectivity index (χ1n) is 19.6. The summed E-state index contributed by atoms with van der Waals surface area (Å²) in [6, 6.07) is 62.9. The van der Waals surface area contributed by atoms with Gasteiger partial charge in [0.1, 0.15) is 22.2 Å². The van der Waals surface area contributed by atoms with Crippen molar-refractivity contribution in [1.29, 1.82) is 0 Å². The van der Waals surface area contributed by atoms with Crippen LogP contribution in [0.3, 0.4) is 0 Å². The highest BCUT2D eigenvalue weighted by molar-refractivity contribution is 6.23. The fraction of sp³-hybridized carbons (Fsp3) is 0. The number of pyridine rings is 2. The van der Waals surface area contributed by atoms with Gasteiger partial charge in [0, 0.05) is 67.2 Å². The van der Waals surface area contributed by atoms with Gasteiger partial charge in [0.2, 0.25) is 0 Å². The lowest BCUT2D eigenvalue weighted by molar-refractivity contribution is 0.669. The molecule has 0 aliphatic heterocycles. The molecule has 0 atom stereocenters. The van der Waals surface area contributed by atoms with Crippen LogP contribution in [-0.2, 0) is 0 Å². The third kappa shape index (κ3) is 4.20. The van der Waals surface area contributed by atoms with Crippen molar-refractivity contribution < 1.29 is 4.42 Å². The van der Waals surface area contributed by atoms with Crippen LogP contribution in [0, 0.1) is 0 Å². The fourth-order valence-electron chi connectivity index (χ4n) is 9.61. The molecule has 0 saturated heterocycles. The predicted molar refractivity (Wildman–Crippen MR) is 238 cm³/mol. The van der Waals surface area contributed by atoms with Gasteiger partial charge in [0.25, 0.3) is 0 Å². The zero-order valence-electron chi connectivity index (χ0n) is 31.0. The van der Waals surface area contributed by atoms with E-state index in [0.29, 0.717) is 0 Å². The molecule has 6 heterocycles. The molecule has 0 fully saturated rings. The van der Waals surface area contributed by atoms with Gasteiger partial charge in [0.05, 0.1) is 38.8 Å². The maximum Gasteiger partial charge on any atom is 0.135 e. The van der Waals surface area contributed by atoms with Crippen molar-refractivity contribution in [2.75, 3.05) is 0 Å². The Balaban J connectivity index is 1.24. The molecule has 58 heavy (non-hydrogen) atoms. The van der Waals surface area contributed by atoms with E-state index in [4.69, 9.17) is 14.4 Å². The molecule has 13 rings (SSSR count). The van der Waals surface area contributed by atoms with Crippen molar-refractivity contribution in [3.63, 3.8) is 0 Å². The lowest BCUT2D eigenvalue weighted by atomic mass is 9.95. The molecule has 0 amide bonds. The van der Waals surface area contributed by atoms with Crippen molar-refractivity contribution in [1.82, 2.24) is 23.7 Å². The summed E-state index contributed by atoms with van der Waals surface area (Å²) in [5.74, 6) is 0. The second-order valence-corrected chi connectivity index (χ2v) is 15.0. The Morgan fingerprint density at radius 1 is 0.379 bits per heavy atom. The Labute approximate surface area is 331 Å². The van der Waals surface area contributed by atoms with Gasteiger partial charge in [-0.25, -0.2) is 0 Å². The minimum atomic E-state index is 0.875. The molecule has 6 heteroatoms. The average Bonchev–Trinajstić information content (AvgIpc) is 4.03. The Hall–Kier alpha value is -7.96. The summed E-state index contributed by atoms with van der Waals surface area (Å²) in [7, 11) is 0. The van der Waals surface area contributed by atoms with Crippen LogP contribution in [0.5, 0.6) is 0 Å². The number of nitrogens with zero attached hydrogens (tertiary/aromatic N) is 5. The molecule has 0 N–H and O–H groups in total. The number of hydrogen-bond acceptors (Lipinski definition) is 3. The van der Waals surface area contributed by atoms with Crippen LogP contribution in [0.25, 0.3) is 116 Å². The Bertz CT molecular complexity index is 3750. The first kappa shape index (κ1) is 31.3. The minimum absolute atomic E-state index is 0.875. The Morgan fingerprint density at radius 2 is 1.02 bits per heavy atom. The number of aromatic nitrogens is 5. The minimum Gasteiger partial charge on any atom is -0.456 e. The average molecular weight is 742 g/mol. The lowest BCUT2D eigenvalue weighted by Gasteiger charge is -2.18. The molecular formula is C52H31N5O. The Kier molecular flexibility index (Phi) is 6.35. The lowest BCUT2D eigenvalue weighted by Crippen LogP contribution is -2.01. The number of hydrogen-bond donors (Lipinski definition) is 0. The number of benzene rings is 7. The van der Waals surface area contributed by atoms with Gasteiger partial charge >= 0.3 is 0 Å². The summed E-state index contributed by atoms with van der Waals surface area (Å²) >= 11 is 0. The zero-order valence-corrected chi connectivity index (χ0v) is 31.0. The maximum absolute atomic E-state index is 6.32. The molecule has 6 nitrogen and oxygen atoms in total. The first-order chi connectivity index (χ1) is 28.8. The van der Waals surface area contributed by atoms with Crippen molar-refractivity contribution in [3.05, 3.63) is 188 Å². The summed E-state index contributed by atoms with van der Waals surface area (Å²) in [5.41, 5.74) is 15.6. The molecule has 0 aliphatic rings. The first-order valence-corrected chi connectivity index (χ1v) is 19.6. The molecule has 0 bridgehead atoms. The molecule has 6 aromatic heterocycles. The van der Waals surface area contributed by atoms with Gasteiger partial charge in [-0.2, -0.15) is 0 Å². The molecular weight excluding hydrogens is 711 g/mol. The van der Waals surface area contributed by atoms with Crippen LogP contribution in [0.2, 0.25) is 0 Å². The summed E-state index contributed by atoms with van der Waals surface area (Å²) in [5, 5.41) is 6.94. The number of rotatable bonds is 4. The van der Waals surface area contributed by atoms with Gasteiger partial charge in [-0.3, -0.25) is 9.97 Å². The van der Waals surface area contributed by atoms with E-state index in [1.54, 1.807) is 0 Å². The van der Waals surface area contributed by atoms with E-state index >= 15 is 0 Å². The molecule has 0 spiro atoms. The molecule has 0 radical (unpaired) electrons. The van der Waals surface area contributed by atoms with E-state index in [9.17, 15) is 0 Å². The van der Waals surface area contributed by atoms with E-state index in [1.807, 2.05) is 36.7 Å². The van der Waals surface area contributed by atoms with Gasteiger partial charge in [-0.05, 0) is 84.9 Å². The quantitative estimate of drug-likeness (QED) is 0.180. The number of furan rings is 1. The predicted octanol–water partition coefficient (Wildman–Crippen LogP) is 13.3. The zero-order chi connectivity index (χ0) is 37.9. The number of fused-ring (bicyclic) bond motifs is 12. The van der Waals surface area contributed by atoms with Crippen LogP contribution in [-0.4, -0.2) is 23.7 Å². The van der Waals surface area contributed by atoms with E-state index in [0.717, 1.165) is 94.3 Å². The second-order valence-electron chi connectivity index (χ2n) is 15.0. The molecule has 270 valence electrons. The summed E-state index contributed by atoms with van der Waals surface area (Å²) in [6.45, 7) is 0. The van der Waals surface area contributed by atoms with E-state index in [-0.39, 0.29) is 0 Å². The largest absolute Gasteiger partial charge is 0.456 e. The fourth-order valence-corrected chi connectivity index (χ4v) is 9.61. The van der Waals surface area contributed by atoms with Crippen molar-refractivity contribution in [2.45, 2.75) is 0 Å². The highest BCUT2D eigenvalue weighted by Crippen LogP contribution is 2.47. The van der Waals surface area contributed by atoms with Crippen LogP contribution in [0.4, 0.5) is 0 Å². The SMILES string of the molecule is c1ccc(-n2c3ccccc3c3c(-c4cccc5c6ccccc6n(-c6ccc7oc8ccccc8c7c6)c45)c(-n4c5cccnc5c5ncccc54)ccc32)cc1. The third-order valence-corrected chi connectivity index (χ3v) is 11.9. The molecule has 7 aromatic carbocycles. The second kappa shape index (κ2) is 11.8. The highest BCUT2D eigenvalue weighted by atomic mass is 16.3. The maximum atomic E-state index is 6.32. The standard InChI is InChI=1S/C52H31N5O/c1-2-13-32(14-3-1)55-41-21-8-5-17-37(41)48-42(55)26-27-43(57-44-22-11-29-53-50(44)51-45(57)23-12-30-54-51)49(48)38-19-10-18-36-34-15-4-7-20-40(34)56(52(36)38)33-25-28-47-39(31-33)35-16-6-9-24-46(35)58-47/h1-31H. The van der Waals surface area contributed by atoms with Crippen LogP contribution >= 0.6 is 0 Å². The topological polar surface area (TPSA) is 53.7 Å². The molecule has 0 unspecified atom stereocenters. The van der Waals surface area contributed by atoms with Crippen LogP contribution < -0.4 is 0 Å². The van der Waals surface area contributed by atoms with E-state index in [2.05, 4.69) is 165 Å². The van der Waals surface area contributed by atoms with Gasteiger partial charge < -0.3 is 18.1 Å². The van der Waals surface area contributed by atoms with Gasteiger partial charge in [0.15, 0.2) is 0 Å². The summed E-state index contributed by atoms with van der Waals surface area (Å²) in [4.78, 5) is 9.78. The van der Waals surface area contributed by atoms with Crippen LogP contribution in [0.1, 0.15) is 0 Å². The van der Waals surface area contributed by atoms with E-state index < -0.39 is 0 Å². The summed E-state index contributed by atoms with van der Waals surface area (Å²) < 4.78 is 13.5. The van der Waals surface area contributed by atoms with Crippen molar-refractivity contribution >= 4 is 87.6 Å². The molecule has 0 saturated carbocycles. The Morgan fingerprint density at radius 3 is 1.81 bits per heavy atom. The van der Waals surface area contributed by atoms with Crippen LogP contribution in [0.15, 0.2) is 193 Å². The normalized spacial score (nSPS) is 12.1. The van der Waals surface area contributed by atoms with Crippen molar-refractivity contribution in [2.24, 2.45) is 0 Å². The number of para-hydroxylation sites is 5. The monoisotopic (exact) mass is 741 g/mol. The smallest absolute Gasteiger partial charge is 0.135 e. The summed E-state index contributed by atoms with van der Waals surface area (Å²) in [6.07, 6.45) is 3.72.